The van der Waals surface area contributed by atoms with E-state index in [1.807, 2.05) is 56.1 Å². The quantitative estimate of drug-likeness (QED) is 0.528. The van der Waals surface area contributed by atoms with E-state index in [1.54, 1.807) is 27.3 Å². The molecule has 0 heterocycles. The second-order valence-electron chi connectivity index (χ2n) is 7.55. The zero-order chi connectivity index (χ0) is 22.3. The number of aliphatic imine (C=N–C) groups is 1. The summed E-state index contributed by atoms with van der Waals surface area (Å²) in [5.41, 5.74) is 3.92. The molecule has 2 aromatic rings. The molecule has 0 atom stereocenters. The van der Waals surface area contributed by atoms with Crippen LogP contribution < -0.4 is 14.8 Å². The number of halogens is 1. The van der Waals surface area contributed by atoms with Crippen LogP contribution in [0, 0.1) is 12.7 Å². The summed E-state index contributed by atoms with van der Waals surface area (Å²) in [6.45, 7) is 3.82. The predicted octanol–water partition coefficient (Wildman–Crippen LogP) is 3.42. The van der Waals surface area contributed by atoms with Crippen molar-refractivity contribution in [1.29, 1.82) is 0 Å². The first-order valence-electron chi connectivity index (χ1n) is 9.84. The molecule has 0 aliphatic carbocycles. The molecule has 1 N–H and O–H groups in total. The molecule has 2 rings (SSSR count). The monoisotopic (exact) mass is 416 g/mol. The van der Waals surface area contributed by atoms with Gasteiger partial charge >= 0.3 is 0 Å². The van der Waals surface area contributed by atoms with Crippen LogP contribution in [-0.4, -0.2) is 58.2 Å². The summed E-state index contributed by atoms with van der Waals surface area (Å²) in [4.78, 5) is 8.38. The molecule has 0 aliphatic rings. The van der Waals surface area contributed by atoms with Crippen LogP contribution >= 0.6 is 0 Å². The maximum Gasteiger partial charge on any atom is 0.193 e. The summed E-state index contributed by atoms with van der Waals surface area (Å²) in [6.07, 6.45) is 0. The van der Waals surface area contributed by atoms with Gasteiger partial charge in [-0.25, -0.2) is 4.39 Å². The molecule has 0 unspecified atom stereocenters. The van der Waals surface area contributed by atoms with E-state index in [-0.39, 0.29) is 5.82 Å². The molecular weight excluding hydrogens is 383 g/mol. The van der Waals surface area contributed by atoms with Gasteiger partial charge in [-0.05, 0) is 62.0 Å². The average Bonchev–Trinajstić information content (AvgIpc) is 2.71. The molecule has 30 heavy (non-hydrogen) atoms. The third-order valence-corrected chi connectivity index (χ3v) is 4.87. The Hall–Kier alpha value is -2.80. The van der Waals surface area contributed by atoms with Gasteiger partial charge in [-0.15, -0.1) is 0 Å². The molecule has 164 valence electrons. The Kier molecular flexibility index (Phi) is 8.47. The van der Waals surface area contributed by atoms with Crippen molar-refractivity contribution in [2.75, 3.05) is 42.4 Å². The van der Waals surface area contributed by atoms with Crippen molar-refractivity contribution in [3.05, 3.63) is 58.4 Å². The molecule has 7 heteroatoms. The second kappa shape index (κ2) is 10.8. The lowest BCUT2D eigenvalue weighted by Crippen LogP contribution is -2.38. The minimum atomic E-state index is -0.183. The van der Waals surface area contributed by atoms with Gasteiger partial charge < -0.3 is 24.6 Å². The average molecular weight is 417 g/mol. The first-order chi connectivity index (χ1) is 14.3. The Morgan fingerprint density at radius 3 is 2.27 bits per heavy atom. The summed E-state index contributed by atoms with van der Waals surface area (Å²) in [5.74, 6) is 1.99. The van der Waals surface area contributed by atoms with E-state index >= 15 is 0 Å². The summed E-state index contributed by atoms with van der Waals surface area (Å²) in [6, 6.07) is 9.19. The Morgan fingerprint density at radius 1 is 1.00 bits per heavy atom. The Labute approximate surface area is 179 Å². The van der Waals surface area contributed by atoms with E-state index in [4.69, 9.17) is 9.47 Å². The van der Waals surface area contributed by atoms with Gasteiger partial charge in [0, 0.05) is 39.3 Å². The van der Waals surface area contributed by atoms with E-state index in [2.05, 4.69) is 10.3 Å². The van der Waals surface area contributed by atoms with Crippen molar-refractivity contribution in [3.8, 4) is 11.5 Å². The topological polar surface area (TPSA) is 49.3 Å². The lowest BCUT2D eigenvalue weighted by Gasteiger charge is -2.24. The largest absolute Gasteiger partial charge is 0.493 e. The van der Waals surface area contributed by atoms with Gasteiger partial charge in [0.2, 0.25) is 0 Å². The highest BCUT2D eigenvalue weighted by Crippen LogP contribution is 2.30. The van der Waals surface area contributed by atoms with E-state index < -0.39 is 0 Å². The van der Waals surface area contributed by atoms with Crippen molar-refractivity contribution in [2.24, 2.45) is 4.99 Å². The fraction of sp³-hybridized carbons (Fsp3) is 0.435. The number of aryl methyl sites for hydroxylation is 1. The zero-order valence-electron chi connectivity index (χ0n) is 19.0. The van der Waals surface area contributed by atoms with Crippen LogP contribution in [0.4, 0.5) is 4.39 Å². The molecule has 0 bridgehead atoms. The molecule has 0 saturated carbocycles. The molecular formula is C23H33FN4O2. The molecule has 0 spiro atoms. The molecule has 0 amide bonds. The number of rotatable bonds is 8. The van der Waals surface area contributed by atoms with Gasteiger partial charge in [0.1, 0.15) is 5.82 Å². The number of benzene rings is 2. The Morgan fingerprint density at radius 2 is 1.67 bits per heavy atom. The molecule has 6 nitrogen and oxygen atoms in total. The Bertz CT molecular complexity index is 884. The van der Waals surface area contributed by atoms with Gasteiger partial charge in [-0.3, -0.25) is 4.99 Å². The minimum absolute atomic E-state index is 0.183. The molecule has 2 aromatic carbocycles. The van der Waals surface area contributed by atoms with E-state index in [0.717, 1.165) is 22.6 Å². The third kappa shape index (κ3) is 6.10. The van der Waals surface area contributed by atoms with Crippen LogP contribution in [-0.2, 0) is 19.6 Å². The number of nitrogens with zero attached hydrogens (tertiary/aromatic N) is 3. The highest BCUT2D eigenvalue weighted by molar-refractivity contribution is 5.79. The van der Waals surface area contributed by atoms with Crippen molar-refractivity contribution in [1.82, 2.24) is 15.1 Å². The van der Waals surface area contributed by atoms with Crippen molar-refractivity contribution in [3.63, 3.8) is 0 Å². The molecule has 0 radical (unpaired) electrons. The smallest absolute Gasteiger partial charge is 0.193 e. The number of hydrogen-bond acceptors (Lipinski definition) is 4. The van der Waals surface area contributed by atoms with Crippen molar-refractivity contribution >= 4 is 5.96 Å². The predicted molar refractivity (Wildman–Crippen MR) is 120 cm³/mol. The lowest BCUT2D eigenvalue weighted by molar-refractivity contribution is 0.353. The number of guanidine groups is 1. The number of methoxy groups -OCH3 is 2. The van der Waals surface area contributed by atoms with E-state index in [0.29, 0.717) is 36.7 Å². The molecule has 0 aliphatic heterocycles. The maximum absolute atomic E-state index is 14.0. The fourth-order valence-electron chi connectivity index (χ4n) is 3.29. The third-order valence-electron chi connectivity index (χ3n) is 4.87. The van der Waals surface area contributed by atoms with Gasteiger partial charge in [0.05, 0.1) is 14.2 Å². The summed E-state index contributed by atoms with van der Waals surface area (Å²) in [7, 11) is 10.9. The van der Waals surface area contributed by atoms with Crippen LogP contribution in [0.25, 0.3) is 0 Å². The van der Waals surface area contributed by atoms with Crippen LogP contribution in [0.1, 0.15) is 22.3 Å². The van der Waals surface area contributed by atoms with E-state index in [1.165, 1.54) is 6.07 Å². The maximum atomic E-state index is 14.0. The van der Waals surface area contributed by atoms with Gasteiger partial charge in [-0.1, -0.05) is 6.07 Å². The van der Waals surface area contributed by atoms with Crippen molar-refractivity contribution < 1.29 is 13.9 Å². The fourth-order valence-corrected chi connectivity index (χ4v) is 3.29. The molecule has 0 aromatic heterocycles. The number of hydrogen-bond donors (Lipinski definition) is 1. The van der Waals surface area contributed by atoms with E-state index in [9.17, 15) is 4.39 Å². The SMILES string of the molecule is CN=C(NCc1ccc(F)c(CN(C)C)c1)N(C)Cc1cc(OC)c(OC)cc1C. The first kappa shape index (κ1) is 23.5. The lowest BCUT2D eigenvalue weighted by atomic mass is 10.1. The number of nitrogens with one attached hydrogen (secondary N) is 1. The van der Waals surface area contributed by atoms with Gasteiger partial charge in [0.15, 0.2) is 17.5 Å². The standard InChI is InChI=1S/C23H33FN4O2/c1-16-10-21(29-6)22(30-7)12-18(16)15-28(5)23(25-2)26-13-17-8-9-20(24)19(11-17)14-27(3)4/h8-12H,13-15H2,1-7H3,(H,25,26). The van der Waals surface area contributed by atoms with Crippen molar-refractivity contribution in [2.45, 2.75) is 26.6 Å². The molecule has 0 fully saturated rings. The van der Waals surface area contributed by atoms with Crippen LogP contribution in [0.15, 0.2) is 35.3 Å². The van der Waals surface area contributed by atoms with Gasteiger partial charge in [-0.2, -0.15) is 0 Å². The van der Waals surface area contributed by atoms with Crippen LogP contribution in [0.2, 0.25) is 0 Å². The number of ether oxygens (including phenoxy) is 2. The minimum Gasteiger partial charge on any atom is -0.493 e. The second-order valence-corrected chi connectivity index (χ2v) is 7.55. The van der Waals surface area contributed by atoms with Crippen LogP contribution in [0.5, 0.6) is 11.5 Å². The normalized spacial score (nSPS) is 11.6. The Balaban J connectivity index is 2.08. The summed E-state index contributed by atoms with van der Waals surface area (Å²) < 4.78 is 24.8. The van der Waals surface area contributed by atoms with Crippen LogP contribution in [0.3, 0.4) is 0 Å². The first-order valence-corrected chi connectivity index (χ1v) is 9.84. The summed E-state index contributed by atoms with van der Waals surface area (Å²) >= 11 is 0. The summed E-state index contributed by atoms with van der Waals surface area (Å²) in [5, 5.41) is 3.36. The van der Waals surface area contributed by atoms with Gasteiger partial charge in [0.25, 0.3) is 0 Å². The zero-order valence-corrected chi connectivity index (χ0v) is 19.0. The highest BCUT2D eigenvalue weighted by atomic mass is 19.1. The molecule has 0 saturated heterocycles. The highest BCUT2D eigenvalue weighted by Gasteiger charge is 2.13.